The summed E-state index contributed by atoms with van der Waals surface area (Å²) in [5.41, 5.74) is 4.80. The average molecular weight is 253 g/mol. The zero-order valence-electron chi connectivity index (χ0n) is 9.74. The van der Waals surface area contributed by atoms with Crippen LogP contribution in [0.2, 0.25) is 0 Å². The fraction of sp³-hybridized carbons (Fsp3) is 0.364. The van der Waals surface area contributed by atoms with E-state index in [2.05, 4.69) is 10.3 Å². The molecule has 17 heavy (non-hydrogen) atoms. The van der Waals surface area contributed by atoms with Gasteiger partial charge in [-0.15, -0.1) is 0 Å². The molecule has 5 nitrogen and oxygen atoms in total. The van der Waals surface area contributed by atoms with E-state index in [4.69, 9.17) is 18.0 Å². The zero-order chi connectivity index (χ0) is 13.1. The van der Waals surface area contributed by atoms with Crippen LogP contribution in [0.4, 0.5) is 0 Å². The molecule has 0 spiro atoms. The molecule has 1 unspecified atom stereocenters. The van der Waals surface area contributed by atoms with Crippen molar-refractivity contribution in [2.45, 2.75) is 25.8 Å². The molecule has 0 aliphatic rings. The molecule has 0 radical (unpaired) electrons. The molecule has 1 rings (SSSR count). The second-order valence-electron chi connectivity index (χ2n) is 3.95. The number of aromatic amines is 1. The van der Waals surface area contributed by atoms with Crippen LogP contribution in [0.15, 0.2) is 23.1 Å². The largest absolute Gasteiger partial charge is 0.391 e. The summed E-state index contributed by atoms with van der Waals surface area (Å²) in [5.74, 6) is -0.367. The maximum atomic E-state index is 11.9. The third-order valence-corrected chi connectivity index (χ3v) is 3.13. The van der Waals surface area contributed by atoms with Crippen LogP contribution in [-0.4, -0.2) is 21.4 Å². The van der Waals surface area contributed by atoms with Gasteiger partial charge in [-0.25, -0.2) is 0 Å². The van der Waals surface area contributed by atoms with Crippen molar-refractivity contribution in [2.24, 2.45) is 5.73 Å². The summed E-state index contributed by atoms with van der Waals surface area (Å²) in [6.07, 6.45) is 2.00. The summed E-state index contributed by atoms with van der Waals surface area (Å²) >= 11 is 4.92. The monoisotopic (exact) mass is 253 g/mol. The lowest BCUT2D eigenvalue weighted by Crippen LogP contribution is -2.54. The molecule has 1 aromatic rings. The van der Waals surface area contributed by atoms with E-state index in [0.717, 1.165) is 0 Å². The number of pyridine rings is 1. The highest BCUT2D eigenvalue weighted by Crippen LogP contribution is 2.10. The Kier molecular flexibility index (Phi) is 4.01. The highest BCUT2D eigenvalue weighted by Gasteiger charge is 2.27. The van der Waals surface area contributed by atoms with Gasteiger partial charge < -0.3 is 16.0 Å². The number of nitrogens with two attached hydrogens (primary N) is 1. The second kappa shape index (κ2) is 5.09. The van der Waals surface area contributed by atoms with E-state index in [1.807, 2.05) is 6.92 Å². The highest BCUT2D eigenvalue weighted by atomic mass is 32.1. The number of nitrogens with one attached hydrogen (secondary N) is 2. The van der Waals surface area contributed by atoms with Crippen LogP contribution in [-0.2, 0) is 0 Å². The van der Waals surface area contributed by atoms with Gasteiger partial charge in [0, 0.05) is 17.8 Å². The first-order valence-electron chi connectivity index (χ1n) is 5.20. The van der Waals surface area contributed by atoms with E-state index in [1.165, 1.54) is 18.3 Å². The topological polar surface area (TPSA) is 88.0 Å². The molecule has 1 amide bonds. The number of hydrogen-bond acceptors (Lipinski definition) is 3. The Hall–Kier alpha value is -1.69. The van der Waals surface area contributed by atoms with Crippen molar-refractivity contribution in [2.75, 3.05) is 0 Å². The molecule has 6 heteroatoms. The number of thiocarbonyl (C=S) groups is 1. The molecule has 0 bridgehead atoms. The van der Waals surface area contributed by atoms with Gasteiger partial charge >= 0.3 is 0 Å². The summed E-state index contributed by atoms with van der Waals surface area (Å²) in [5, 5.41) is 2.73. The number of rotatable bonds is 4. The van der Waals surface area contributed by atoms with Crippen molar-refractivity contribution in [3.05, 3.63) is 34.2 Å². The summed E-state index contributed by atoms with van der Waals surface area (Å²) in [4.78, 5) is 25.6. The van der Waals surface area contributed by atoms with Gasteiger partial charge in [-0.05, 0) is 19.4 Å². The zero-order valence-corrected chi connectivity index (χ0v) is 10.6. The van der Waals surface area contributed by atoms with E-state index in [9.17, 15) is 9.59 Å². The van der Waals surface area contributed by atoms with Crippen molar-refractivity contribution in [1.29, 1.82) is 0 Å². The van der Waals surface area contributed by atoms with E-state index < -0.39 is 5.54 Å². The Morgan fingerprint density at radius 1 is 1.65 bits per heavy atom. The molecule has 0 fully saturated rings. The van der Waals surface area contributed by atoms with Crippen molar-refractivity contribution < 1.29 is 4.79 Å². The lowest BCUT2D eigenvalue weighted by molar-refractivity contribution is 0.0926. The van der Waals surface area contributed by atoms with Crippen molar-refractivity contribution in [3.8, 4) is 0 Å². The SMILES string of the molecule is CCC(C)(NC(=O)c1cc[nH]c(=O)c1)C(N)=S. The van der Waals surface area contributed by atoms with Crippen molar-refractivity contribution in [1.82, 2.24) is 10.3 Å². The molecule has 0 aliphatic heterocycles. The summed E-state index contributed by atoms with van der Waals surface area (Å²) in [6.45, 7) is 3.62. The van der Waals surface area contributed by atoms with Gasteiger partial charge in [-0.3, -0.25) is 9.59 Å². The first kappa shape index (κ1) is 13.4. The summed E-state index contributed by atoms with van der Waals surface area (Å²) in [7, 11) is 0. The van der Waals surface area contributed by atoms with Gasteiger partial charge in [0.2, 0.25) is 5.56 Å². The molecule has 0 aliphatic carbocycles. The Bertz CT molecular complexity index is 497. The van der Waals surface area contributed by atoms with Gasteiger partial charge in [0.15, 0.2) is 0 Å². The van der Waals surface area contributed by atoms with Crippen LogP contribution >= 0.6 is 12.2 Å². The number of amides is 1. The Labute approximate surface area is 104 Å². The standard InChI is InChI=1S/C11H15N3O2S/c1-3-11(2,10(12)17)14-9(16)7-4-5-13-8(15)6-7/h4-6H,3H2,1-2H3,(H2,12,17)(H,13,15)(H,14,16). The smallest absolute Gasteiger partial charge is 0.252 e. The predicted octanol–water partition coefficient (Wildman–Crippen LogP) is 0.560. The van der Waals surface area contributed by atoms with Gasteiger partial charge in [0.05, 0.1) is 10.5 Å². The molecule has 1 atom stereocenters. The summed E-state index contributed by atoms with van der Waals surface area (Å²) in [6, 6.07) is 2.75. The van der Waals surface area contributed by atoms with E-state index in [-0.39, 0.29) is 22.0 Å². The summed E-state index contributed by atoms with van der Waals surface area (Å²) < 4.78 is 0. The molecular weight excluding hydrogens is 238 g/mol. The number of carbonyl (C=O) groups is 1. The van der Waals surface area contributed by atoms with Crippen LogP contribution in [0.1, 0.15) is 30.6 Å². The number of carbonyl (C=O) groups excluding carboxylic acids is 1. The quantitative estimate of drug-likeness (QED) is 0.684. The van der Waals surface area contributed by atoms with Crippen LogP contribution in [0.25, 0.3) is 0 Å². The highest BCUT2D eigenvalue weighted by molar-refractivity contribution is 7.80. The van der Waals surface area contributed by atoms with Gasteiger partial charge in [-0.1, -0.05) is 19.1 Å². The minimum Gasteiger partial charge on any atom is -0.391 e. The van der Waals surface area contributed by atoms with Gasteiger partial charge in [-0.2, -0.15) is 0 Å². The number of H-pyrrole nitrogens is 1. The Morgan fingerprint density at radius 2 is 2.29 bits per heavy atom. The molecule has 92 valence electrons. The van der Waals surface area contributed by atoms with Crippen LogP contribution in [0.5, 0.6) is 0 Å². The Morgan fingerprint density at radius 3 is 2.76 bits per heavy atom. The van der Waals surface area contributed by atoms with Crippen LogP contribution in [0, 0.1) is 0 Å². The van der Waals surface area contributed by atoms with E-state index >= 15 is 0 Å². The maximum absolute atomic E-state index is 11.9. The molecule has 1 heterocycles. The molecule has 1 aromatic heterocycles. The minimum atomic E-state index is -0.741. The lowest BCUT2D eigenvalue weighted by Gasteiger charge is -2.28. The number of hydrogen-bond donors (Lipinski definition) is 3. The van der Waals surface area contributed by atoms with E-state index in [0.29, 0.717) is 6.42 Å². The predicted molar refractivity (Wildman–Crippen MR) is 70.0 cm³/mol. The fourth-order valence-electron chi connectivity index (χ4n) is 1.23. The average Bonchev–Trinajstić information content (AvgIpc) is 2.28. The fourth-order valence-corrected chi connectivity index (χ4v) is 1.43. The second-order valence-corrected chi connectivity index (χ2v) is 4.39. The van der Waals surface area contributed by atoms with Gasteiger partial charge in [0.25, 0.3) is 5.91 Å². The third-order valence-electron chi connectivity index (χ3n) is 2.68. The molecule has 0 aromatic carbocycles. The van der Waals surface area contributed by atoms with Crippen molar-refractivity contribution >= 4 is 23.1 Å². The lowest BCUT2D eigenvalue weighted by atomic mass is 9.98. The number of aromatic nitrogens is 1. The van der Waals surface area contributed by atoms with Crippen molar-refractivity contribution in [3.63, 3.8) is 0 Å². The minimum absolute atomic E-state index is 0.221. The Balaban J connectivity index is 2.93. The normalized spacial score (nSPS) is 13.8. The third kappa shape index (κ3) is 3.13. The molecule has 0 saturated carbocycles. The first-order valence-corrected chi connectivity index (χ1v) is 5.61. The maximum Gasteiger partial charge on any atom is 0.252 e. The van der Waals surface area contributed by atoms with Crippen LogP contribution < -0.4 is 16.6 Å². The first-order chi connectivity index (χ1) is 7.89. The van der Waals surface area contributed by atoms with E-state index in [1.54, 1.807) is 6.92 Å². The molecule has 4 N–H and O–H groups in total. The molecular formula is C11H15N3O2S. The van der Waals surface area contributed by atoms with Crippen LogP contribution in [0.3, 0.4) is 0 Å². The molecule has 0 saturated heterocycles. The van der Waals surface area contributed by atoms with Gasteiger partial charge in [0.1, 0.15) is 0 Å².